The number of ether oxygens (including phenoxy) is 1. The van der Waals surface area contributed by atoms with Gasteiger partial charge in [-0.1, -0.05) is 0 Å². The molecule has 0 aliphatic carbocycles. The van der Waals surface area contributed by atoms with Gasteiger partial charge in [-0.15, -0.1) is 0 Å². The van der Waals surface area contributed by atoms with Crippen molar-refractivity contribution in [3.8, 4) is 11.4 Å². The summed E-state index contributed by atoms with van der Waals surface area (Å²) in [6.45, 7) is 0. The van der Waals surface area contributed by atoms with Gasteiger partial charge >= 0.3 is 0 Å². The Hall–Kier alpha value is -2.17. The van der Waals surface area contributed by atoms with Crippen LogP contribution in [0.4, 0.5) is 5.69 Å². The van der Waals surface area contributed by atoms with Gasteiger partial charge in [0.1, 0.15) is 11.4 Å². The topological polar surface area (TPSA) is 73.0 Å². The number of benzene rings is 1. The molecule has 0 atom stereocenters. The number of nitrogens with zero attached hydrogens (tertiary/aromatic N) is 1. The number of nitrogens with one attached hydrogen (secondary N) is 1. The highest BCUT2D eigenvalue weighted by Gasteiger charge is 2.03. The molecule has 0 saturated heterocycles. The van der Waals surface area contributed by atoms with Gasteiger partial charge in [0.2, 0.25) is 0 Å². The minimum atomic E-state index is -0.250. The predicted molar refractivity (Wildman–Crippen MR) is 57.4 cm³/mol. The molecular formula is C10H11N3O2. The fraction of sp³-hybridized carbons (Fsp3) is 0.100. The number of H-pyrrole nitrogens is 1. The Balaban J connectivity index is 2.46. The molecular weight excluding hydrogens is 194 g/mol. The first-order valence-corrected chi connectivity index (χ1v) is 4.42. The Morgan fingerprint density at radius 1 is 1.33 bits per heavy atom. The van der Waals surface area contributed by atoms with E-state index in [9.17, 15) is 4.79 Å². The zero-order chi connectivity index (χ0) is 10.8. The van der Waals surface area contributed by atoms with Gasteiger partial charge in [0.05, 0.1) is 12.8 Å². The summed E-state index contributed by atoms with van der Waals surface area (Å²) in [6, 6.07) is 7.10. The molecule has 2 aromatic rings. The van der Waals surface area contributed by atoms with Crippen LogP contribution in [0.1, 0.15) is 0 Å². The molecule has 2 rings (SSSR count). The van der Waals surface area contributed by atoms with Gasteiger partial charge in [-0.2, -0.15) is 0 Å². The second kappa shape index (κ2) is 3.53. The zero-order valence-corrected chi connectivity index (χ0v) is 8.23. The summed E-state index contributed by atoms with van der Waals surface area (Å²) in [7, 11) is 1.59. The number of hydrogen-bond donors (Lipinski definition) is 2. The fourth-order valence-electron chi connectivity index (χ4n) is 1.31. The van der Waals surface area contributed by atoms with Gasteiger partial charge in [0.15, 0.2) is 0 Å². The van der Waals surface area contributed by atoms with Crippen molar-refractivity contribution < 1.29 is 4.74 Å². The molecule has 0 amide bonds. The third kappa shape index (κ3) is 1.59. The van der Waals surface area contributed by atoms with E-state index in [1.54, 1.807) is 31.4 Å². The van der Waals surface area contributed by atoms with Crippen LogP contribution in [-0.2, 0) is 0 Å². The Morgan fingerprint density at radius 2 is 2.00 bits per heavy atom. The maximum absolute atomic E-state index is 11.5. The Kier molecular flexibility index (Phi) is 2.21. The van der Waals surface area contributed by atoms with Crippen molar-refractivity contribution in [1.82, 2.24) is 9.78 Å². The number of anilines is 1. The maximum atomic E-state index is 11.5. The van der Waals surface area contributed by atoms with Gasteiger partial charge in [-0.05, 0) is 24.3 Å². The summed E-state index contributed by atoms with van der Waals surface area (Å²) < 4.78 is 6.39. The van der Waals surface area contributed by atoms with Crippen molar-refractivity contribution in [1.29, 1.82) is 0 Å². The van der Waals surface area contributed by atoms with Gasteiger partial charge in [0, 0.05) is 6.20 Å². The first-order chi connectivity index (χ1) is 7.22. The minimum absolute atomic E-state index is 0.200. The summed E-state index contributed by atoms with van der Waals surface area (Å²) in [5.74, 6) is 0.742. The lowest BCUT2D eigenvalue weighted by molar-refractivity contribution is 0.414. The number of nitrogens with two attached hydrogens (primary N) is 1. The standard InChI is InChI=1S/C10H11N3O2/c1-15-8-4-2-7(3-5-8)13-10(14)9(11)6-12-13/h2-6,12H,11H2,1H3. The van der Waals surface area contributed by atoms with Crippen LogP contribution in [0.2, 0.25) is 0 Å². The third-order valence-corrected chi connectivity index (χ3v) is 2.13. The lowest BCUT2D eigenvalue weighted by atomic mass is 10.3. The molecule has 0 spiro atoms. The lowest BCUT2D eigenvalue weighted by Gasteiger charge is -2.02. The molecule has 0 bridgehead atoms. The molecule has 0 aliphatic rings. The second-order valence-electron chi connectivity index (χ2n) is 3.07. The van der Waals surface area contributed by atoms with E-state index in [-0.39, 0.29) is 11.2 Å². The van der Waals surface area contributed by atoms with Crippen LogP contribution in [0.3, 0.4) is 0 Å². The van der Waals surface area contributed by atoms with E-state index >= 15 is 0 Å². The van der Waals surface area contributed by atoms with Gasteiger partial charge in [-0.3, -0.25) is 9.89 Å². The largest absolute Gasteiger partial charge is 0.497 e. The number of aromatic amines is 1. The molecule has 0 radical (unpaired) electrons. The number of hydrogen-bond acceptors (Lipinski definition) is 3. The quantitative estimate of drug-likeness (QED) is 0.760. The number of rotatable bonds is 2. The molecule has 5 heteroatoms. The van der Waals surface area contributed by atoms with E-state index in [2.05, 4.69) is 5.10 Å². The van der Waals surface area contributed by atoms with Crippen LogP contribution in [-0.4, -0.2) is 16.9 Å². The highest BCUT2D eigenvalue weighted by molar-refractivity contribution is 5.40. The molecule has 0 unspecified atom stereocenters. The molecule has 0 saturated carbocycles. The first-order valence-electron chi connectivity index (χ1n) is 4.42. The van der Waals surface area contributed by atoms with Crippen molar-refractivity contribution in [2.45, 2.75) is 0 Å². The van der Waals surface area contributed by atoms with E-state index < -0.39 is 0 Å². The van der Waals surface area contributed by atoms with Crippen LogP contribution >= 0.6 is 0 Å². The van der Waals surface area contributed by atoms with E-state index in [1.807, 2.05) is 0 Å². The van der Waals surface area contributed by atoms with Crippen molar-refractivity contribution in [2.75, 3.05) is 12.8 Å². The number of nitrogen functional groups attached to an aromatic ring is 1. The lowest BCUT2D eigenvalue weighted by Crippen LogP contribution is -2.16. The number of aromatic nitrogens is 2. The van der Waals surface area contributed by atoms with Crippen molar-refractivity contribution in [3.63, 3.8) is 0 Å². The molecule has 1 aromatic carbocycles. The Morgan fingerprint density at radius 3 is 2.47 bits per heavy atom. The first kappa shape index (κ1) is 9.39. The van der Waals surface area contributed by atoms with Crippen LogP contribution in [0.15, 0.2) is 35.3 Å². The summed E-state index contributed by atoms with van der Waals surface area (Å²) in [4.78, 5) is 11.5. The molecule has 1 aromatic heterocycles. The summed E-state index contributed by atoms with van der Waals surface area (Å²) in [5, 5.41) is 2.77. The van der Waals surface area contributed by atoms with Crippen molar-refractivity contribution in [2.24, 2.45) is 0 Å². The van der Waals surface area contributed by atoms with Crippen LogP contribution in [0.5, 0.6) is 5.75 Å². The minimum Gasteiger partial charge on any atom is -0.497 e. The van der Waals surface area contributed by atoms with Crippen molar-refractivity contribution >= 4 is 5.69 Å². The zero-order valence-electron chi connectivity index (χ0n) is 8.23. The van der Waals surface area contributed by atoms with Gasteiger partial charge in [-0.25, -0.2) is 4.68 Å². The van der Waals surface area contributed by atoms with E-state index in [0.717, 1.165) is 11.4 Å². The average Bonchev–Trinajstić information content (AvgIpc) is 2.60. The maximum Gasteiger partial charge on any atom is 0.294 e. The third-order valence-electron chi connectivity index (χ3n) is 2.13. The Bertz CT molecular complexity index is 510. The molecule has 15 heavy (non-hydrogen) atoms. The van der Waals surface area contributed by atoms with Gasteiger partial charge in [0.25, 0.3) is 5.56 Å². The fourth-order valence-corrected chi connectivity index (χ4v) is 1.31. The van der Waals surface area contributed by atoms with E-state index in [4.69, 9.17) is 10.5 Å². The van der Waals surface area contributed by atoms with E-state index in [1.165, 1.54) is 10.9 Å². The Labute approximate surface area is 86.1 Å². The summed E-state index contributed by atoms with van der Waals surface area (Å²) in [6.07, 6.45) is 1.46. The number of methoxy groups -OCH3 is 1. The average molecular weight is 205 g/mol. The highest BCUT2D eigenvalue weighted by Crippen LogP contribution is 2.13. The van der Waals surface area contributed by atoms with Crippen LogP contribution in [0, 0.1) is 0 Å². The monoisotopic (exact) mass is 205 g/mol. The molecule has 3 N–H and O–H groups in total. The summed E-state index contributed by atoms with van der Waals surface area (Å²) >= 11 is 0. The molecule has 0 fully saturated rings. The molecule has 1 heterocycles. The van der Waals surface area contributed by atoms with Crippen LogP contribution in [0.25, 0.3) is 5.69 Å². The normalized spacial score (nSPS) is 10.2. The van der Waals surface area contributed by atoms with Crippen molar-refractivity contribution in [3.05, 3.63) is 40.8 Å². The van der Waals surface area contributed by atoms with Crippen LogP contribution < -0.4 is 16.0 Å². The summed E-state index contributed by atoms with van der Waals surface area (Å²) in [5.41, 5.74) is 6.11. The molecule has 5 nitrogen and oxygen atoms in total. The molecule has 78 valence electrons. The molecule has 0 aliphatic heterocycles. The SMILES string of the molecule is COc1ccc(-n2[nH]cc(N)c2=O)cc1. The van der Waals surface area contributed by atoms with Gasteiger partial charge < -0.3 is 10.5 Å². The highest BCUT2D eigenvalue weighted by atomic mass is 16.5. The second-order valence-corrected chi connectivity index (χ2v) is 3.07. The predicted octanol–water partition coefficient (Wildman–Crippen LogP) is 0.756. The van der Waals surface area contributed by atoms with E-state index in [0.29, 0.717) is 0 Å². The smallest absolute Gasteiger partial charge is 0.294 e.